The van der Waals surface area contributed by atoms with Gasteiger partial charge >= 0.3 is 0 Å². The first-order valence-corrected chi connectivity index (χ1v) is 2.83. The largest absolute Gasteiger partial charge is 0.440 e. The van der Waals surface area contributed by atoms with E-state index in [1.165, 1.54) is 12.1 Å². The summed E-state index contributed by atoms with van der Waals surface area (Å²) in [5.41, 5.74) is 0. The summed E-state index contributed by atoms with van der Waals surface area (Å²) in [6.07, 6.45) is 0. The lowest BCUT2D eigenvalue weighted by Gasteiger charge is -1.93. The molecule has 0 fully saturated rings. The van der Waals surface area contributed by atoms with E-state index in [2.05, 4.69) is 10.7 Å². The van der Waals surface area contributed by atoms with E-state index >= 15 is 0 Å². The van der Waals surface area contributed by atoms with Crippen LogP contribution in [-0.4, -0.2) is 5.90 Å². The predicted octanol–water partition coefficient (Wildman–Crippen LogP) is 1.15. The van der Waals surface area contributed by atoms with Gasteiger partial charge < -0.3 is 9.25 Å². The summed E-state index contributed by atoms with van der Waals surface area (Å²) in [4.78, 5) is 4.08. The van der Waals surface area contributed by atoms with Crippen molar-refractivity contribution in [3.05, 3.63) is 23.1 Å². The molecule has 4 nitrogen and oxygen atoms in total. The van der Waals surface area contributed by atoms with Gasteiger partial charge in [0.15, 0.2) is 11.0 Å². The molecule has 0 atom stereocenters. The highest BCUT2D eigenvalue weighted by atomic mass is 35.5. The average Bonchev–Trinajstić information content (AvgIpc) is 2.34. The van der Waals surface area contributed by atoms with Crippen molar-refractivity contribution in [3.63, 3.8) is 0 Å². The summed E-state index contributed by atoms with van der Waals surface area (Å²) in [5, 5.41) is 7.20. The summed E-state index contributed by atoms with van der Waals surface area (Å²) >= 11 is 5.40. The molecule has 0 aromatic carbocycles. The van der Waals surface area contributed by atoms with Crippen molar-refractivity contribution in [2.75, 3.05) is 0 Å². The van der Waals surface area contributed by atoms with Gasteiger partial charge in [-0.05, 0) is 23.7 Å². The van der Waals surface area contributed by atoms with Gasteiger partial charge in [0.1, 0.15) is 0 Å². The highest BCUT2D eigenvalue weighted by Crippen LogP contribution is 2.12. The topological polar surface area (TPSA) is 72.2 Å². The van der Waals surface area contributed by atoms with Gasteiger partial charge in [-0.3, -0.25) is 5.41 Å². The summed E-state index contributed by atoms with van der Waals surface area (Å²) < 4.78 is 4.77. The lowest BCUT2D eigenvalue weighted by Crippen LogP contribution is -2.08. The minimum absolute atomic E-state index is 0.205. The lowest BCUT2D eigenvalue weighted by atomic mass is 10.4. The Morgan fingerprint density at radius 2 is 2.40 bits per heavy atom. The molecule has 0 spiro atoms. The third kappa shape index (κ3) is 1.29. The number of nitrogens with two attached hydrogens (primary N) is 1. The molecular formula is C5H5ClN2O2. The van der Waals surface area contributed by atoms with Gasteiger partial charge in [-0.2, -0.15) is 5.90 Å². The van der Waals surface area contributed by atoms with Crippen LogP contribution in [0.25, 0.3) is 0 Å². The van der Waals surface area contributed by atoms with E-state index in [4.69, 9.17) is 21.4 Å². The Kier molecular flexibility index (Phi) is 1.94. The fourth-order valence-corrected chi connectivity index (χ4v) is 0.641. The molecule has 3 N–H and O–H groups in total. The maximum absolute atomic E-state index is 6.99. The van der Waals surface area contributed by atoms with E-state index < -0.39 is 0 Å². The van der Waals surface area contributed by atoms with Gasteiger partial charge in [0.2, 0.25) is 0 Å². The van der Waals surface area contributed by atoms with E-state index in [1.807, 2.05) is 0 Å². The molecule has 0 amide bonds. The maximum atomic E-state index is 6.99. The second-order valence-electron chi connectivity index (χ2n) is 1.55. The van der Waals surface area contributed by atoms with Gasteiger partial charge in [-0.25, -0.2) is 0 Å². The van der Waals surface area contributed by atoms with Gasteiger partial charge in [-0.15, -0.1) is 0 Å². The highest BCUT2D eigenvalue weighted by molar-refractivity contribution is 6.29. The summed E-state index contributed by atoms with van der Waals surface area (Å²) in [5.74, 6) is 4.66. The lowest BCUT2D eigenvalue weighted by molar-refractivity contribution is 0.309. The molecule has 0 aliphatic carbocycles. The van der Waals surface area contributed by atoms with Crippen molar-refractivity contribution in [3.8, 4) is 0 Å². The molecule has 0 bridgehead atoms. The fraction of sp³-hybridized carbons (Fsp3) is 0. The van der Waals surface area contributed by atoms with Crippen LogP contribution in [0.3, 0.4) is 0 Å². The van der Waals surface area contributed by atoms with Crippen LogP contribution in [0, 0.1) is 5.41 Å². The molecule has 5 heteroatoms. The highest BCUT2D eigenvalue weighted by Gasteiger charge is 2.05. The maximum Gasteiger partial charge on any atom is 0.273 e. The van der Waals surface area contributed by atoms with Crippen LogP contribution >= 0.6 is 11.6 Å². The summed E-state index contributed by atoms with van der Waals surface area (Å²) in [6.45, 7) is 0. The second kappa shape index (κ2) is 2.72. The third-order valence-corrected chi connectivity index (χ3v) is 1.12. The van der Waals surface area contributed by atoms with Crippen LogP contribution < -0.4 is 5.90 Å². The Bertz CT molecular complexity index is 246. The van der Waals surface area contributed by atoms with Crippen molar-refractivity contribution < 1.29 is 9.25 Å². The van der Waals surface area contributed by atoms with E-state index in [-0.39, 0.29) is 16.9 Å². The van der Waals surface area contributed by atoms with Crippen LogP contribution in [0.2, 0.25) is 5.22 Å². The van der Waals surface area contributed by atoms with Gasteiger partial charge in [-0.1, -0.05) is 0 Å². The molecule has 0 aliphatic rings. The monoisotopic (exact) mass is 160 g/mol. The first kappa shape index (κ1) is 7.11. The molecule has 0 unspecified atom stereocenters. The van der Waals surface area contributed by atoms with Crippen LogP contribution in [0.15, 0.2) is 16.5 Å². The standard InChI is InChI=1S/C5H5ClN2O2/c6-4-2-1-3(9-4)5(7)10-8/h1-2,7H,8H2. The van der Waals surface area contributed by atoms with E-state index in [0.717, 1.165) is 0 Å². The minimum atomic E-state index is -0.244. The SMILES string of the molecule is N=C(ON)c1ccc(Cl)o1. The van der Waals surface area contributed by atoms with Crippen LogP contribution in [0.5, 0.6) is 0 Å². The first-order valence-electron chi connectivity index (χ1n) is 2.45. The average molecular weight is 161 g/mol. The van der Waals surface area contributed by atoms with E-state index in [0.29, 0.717) is 0 Å². The molecule has 0 saturated heterocycles. The molecule has 1 heterocycles. The quantitative estimate of drug-likeness (QED) is 0.368. The summed E-state index contributed by atoms with van der Waals surface area (Å²) in [6, 6.07) is 3.00. The smallest absolute Gasteiger partial charge is 0.273 e. The normalized spacial score (nSPS) is 9.40. The third-order valence-electron chi connectivity index (χ3n) is 0.915. The number of hydrogen-bond donors (Lipinski definition) is 2. The van der Waals surface area contributed by atoms with E-state index in [1.54, 1.807) is 0 Å². The molecule has 0 radical (unpaired) electrons. The molecule has 1 rings (SSSR count). The van der Waals surface area contributed by atoms with Gasteiger partial charge in [0.25, 0.3) is 5.90 Å². The Balaban J connectivity index is 2.85. The number of halogens is 1. The predicted molar refractivity (Wildman–Crippen MR) is 35.8 cm³/mol. The molecule has 1 aromatic heterocycles. The zero-order valence-corrected chi connectivity index (χ0v) is 5.68. The Labute approximate surface area is 62.0 Å². The van der Waals surface area contributed by atoms with Crippen molar-refractivity contribution in [2.24, 2.45) is 5.90 Å². The van der Waals surface area contributed by atoms with Crippen LogP contribution in [0.4, 0.5) is 0 Å². The number of rotatable bonds is 1. The summed E-state index contributed by atoms with van der Waals surface area (Å²) in [7, 11) is 0. The van der Waals surface area contributed by atoms with Gasteiger partial charge in [0, 0.05) is 0 Å². The number of hydrogen-bond acceptors (Lipinski definition) is 4. The number of nitrogens with one attached hydrogen (secondary N) is 1. The Morgan fingerprint density at radius 1 is 1.70 bits per heavy atom. The second-order valence-corrected chi connectivity index (χ2v) is 1.92. The van der Waals surface area contributed by atoms with Crippen molar-refractivity contribution >= 4 is 17.5 Å². The zero-order valence-electron chi connectivity index (χ0n) is 4.93. The van der Waals surface area contributed by atoms with E-state index in [9.17, 15) is 0 Å². The van der Waals surface area contributed by atoms with Crippen molar-refractivity contribution in [2.45, 2.75) is 0 Å². The first-order chi connectivity index (χ1) is 4.74. The van der Waals surface area contributed by atoms with Crippen LogP contribution in [-0.2, 0) is 4.84 Å². The number of furan rings is 1. The van der Waals surface area contributed by atoms with Crippen molar-refractivity contribution in [1.82, 2.24) is 0 Å². The molecule has 54 valence electrons. The Morgan fingerprint density at radius 3 is 2.80 bits per heavy atom. The molecule has 10 heavy (non-hydrogen) atoms. The zero-order chi connectivity index (χ0) is 7.56. The minimum Gasteiger partial charge on any atom is -0.440 e. The van der Waals surface area contributed by atoms with Gasteiger partial charge in [0.05, 0.1) is 0 Å². The fourth-order valence-electron chi connectivity index (χ4n) is 0.494. The Hall–Kier alpha value is -1.00. The molecule has 0 saturated carbocycles. The van der Waals surface area contributed by atoms with Crippen LogP contribution in [0.1, 0.15) is 5.76 Å². The molecular weight excluding hydrogens is 156 g/mol. The molecule has 0 aliphatic heterocycles. The van der Waals surface area contributed by atoms with Crippen molar-refractivity contribution in [1.29, 1.82) is 5.41 Å². The molecule has 1 aromatic rings.